The lowest BCUT2D eigenvalue weighted by Crippen LogP contribution is -2.54. The normalized spacial score (nSPS) is 17.7. The molecule has 0 spiro atoms. The monoisotopic (exact) mass is 437 g/mol. The van der Waals surface area contributed by atoms with Crippen LogP contribution in [-0.4, -0.2) is 83.3 Å². The summed E-state index contributed by atoms with van der Waals surface area (Å²) in [6.07, 6.45) is 1.20. The topological polar surface area (TPSA) is 104 Å². The summed E-state index contributed by atoms with van der Waals surface area (Å²) >= 11 is 5.77. The number of nitrogens with one attached hydrogen (secondary N) is 1. The van der Waals surface area contributed by atoms with E-state index in [4.69, 9.17) is 11.6 Å². The zero-order valence-corrected chi connectivity index (χ0v) is 17.6. The minimum absolute atomic E-state index is 0.0390. The van der Waals surface area contributed by atoms with Crippen LogP contribution in [0.3, 0.4) is 0 Å². The first-order chi connectivity index (χ1) is 12.5. The first kappa shape index (κ1) is 22.1. The first-order valence-electron chi connectivity index (χ1n) is 8.45. The summed E-state index contributed by atoms with van der Waals surface area (Å²) in [4.78, 5) is 16.2. The number of sulfonamides is 1. The molecule has 1 heterocycles. The van der Waals surface area contributed by atoms with Crippen molar-refractivity contribution in [2.24, 2.45) is 0 Å². The van der Waals surface area contributed by atoms with Gasteiger partial charge in [0, 0.05) is 44.0 Å². The van der Waals surface area contributed by atoms with E-state index in [-0.39, 0.29) is 16.6 Å². The Morgan fingerprint density at radius 3 is 2.19 bits per heavy atom. The fraction of sp³-hybridized carbons (Fsp3) is 0.562. The molecular weight excluding hydrogens is 414 g/mol. The molecule has 1 aliphatic heterocycles. The molecule has 1 saturated heterocycles. The number of amides is 1. The molecule has 1 aromatic rings. The Hall–Kier alpha value is -1.20. The van der Waals surface area contributed by atoms with Crippen LogP contribution in [0.5, 0.6) is 0 Å². The molecule has 2 rings (SSSR count). The van der Waals surface area contributed by atoms with Crippen molar-refractivity contribution in [1.82, 2.24) is 14.5 Å². The molecule has 1 amide bonds. The van der Waals surface area contributed by atoms with Crippen LogP contribution in [-0.2, 0) is 24.7 Å². The highest BCUT2D eigenvalue weighted by atomic mass is 35.5. The third kappa shape index (κ3) is 6.72. The number of rotatable bonds is 7. The zero-order valence-electron chi connectivity index (χ0n) is 15.3. The number of carbonyl (C=O) groups excluding carboxylic acids is 1. The summed E-state index contributed by atoms with van der Waals surface area (Å²) in [5.41, 5.74) is 0. The van der Waals surface area contributed by atoms with Crippen molar-refractivity contribution in [2.45, 2.75) is 17.9 Å². The molecule has 0 saturated carbocycles. The van der Waals surface area contributed by atoms with E-state index in [0.29, 0.717) is 37.7 Å². The Bertz CT molecular complexity index is 864. The quantitative estimate of drug-likeness (QED) is 0.653. The zero-order chi connectivity index (χ0) is 20.2. The Morgan fingerprint density at radius 1 is 1.11 bits per heavy atom. The maximum absolute atomic E-state index is 12.5. The van der Waals surface area contributed by atoms with Crippen LogP contribution in [0.15, 0.2) is 29.2 Å². The van der Waals surface area contributed by atoms with E-state index >= 15 is 0 Å². The second-order valence-electron chi connectivity index (χ2n) is 6.59. The average Bonchev–Trinajstić information content (AvgIpc) is 2.59. The summed E-state index contributed by atoms with van der Waals surface area (Å²) in [6.45, 7) is 3.90. The van der Waals surface area contributed by atoms with Crippen LogP contribution in [0, 0.1) is 0 Å². The summed E-state index contributed by atoms with van der Waals surface area (Å²) in [6, 6.07) is 4.79. The van der Waals surface area contributed by atoms with Crippen molar-refractivity contribution in [3.8, 4) is 0 Å². The van der Waals surface area contributed by atoms with Gasteiger partial charge in [0.1, 0.15) is 9.84 Å². The van der Waals surface area contributed by atoms with E-state index in [1.807, 2.05) is 4.90 Å². The number of sulfone groups is 1. The summed E-state index contributed by atoms with van der Waals surface area (Å²) in [5.74, 6) is -0.228. The predicted molar refractivity (Wildman–Crippen MR) is 104 cm³/mol. The van der Waals surface area contributed by atoms with E-state index in [9.17, 15) is 21.6 Å². The van der Waals surface area contributed by atoms with Crippen LogP contribution >= 0.6 is 11.6 Å². The molecule has 1 atom stereocenters. The lowest BCUT2D eigenvalue weighted by molar-refractivity contribution is -0.134. The number of halogens is 1. The lowest BCUT2D eigenvalue weighted by Gasteiger charge is -2.35. The van der Waals surface area contributed by atoms with Gasteiger partial charge in [-0.15, -0.1) is 0 Å². The molecule has 11 heteroatoms. The standard InChI is InChI=1S/C16H24ClN3O5S2/c1-13(18-27(24,25)15-5-3-14(17)4-6-15)16(21)20-9-7-19(8-10-20)11-12-26(2,22)23/h3-6,13,18H,7-12H2,1-2H3/t13-/m0/s1. The lowest BCUT2D eigenvalue weighted by atomic mass is 10.2. The van der Waals surface area contributed by atoms with Crippen molar-refractivity contribution >= 4 is 37.4 Å². The van der Waals surface area contributed by atoms with E-state index in [1.54, 1.807) is 4.90 Å². The van der Waals surface area contributed by atoms with Crippen molar-refractivity contribution in [2.75, 3.05) is 44.7 Å². The minimum atomic E-state index is -3.83. The molecule has 1 N–H and O–H groups in total. The van der Waals surface area contributed by atoms with Gasteiger partial charge in [0.25, 0.3) is 0 Å². The second kappa shape index (κ2) is 8.87. The highest BCUT2D eigenvalue weighted by Crippen LogP contribution is 2.15. The summed E-state index contributed by atoms with van der Waals surface area (Å²) in [7, 11) is -6.85. The molecule has 0 aliphatic carbocycles. The largest absolute Gasteiger partial charge is 0.339 e. The van der Waals surface area contributed by atoms with E-state index in [1.165, 1.54) is 37.4 Å². The molecule has 27 heavy (non-hydrogen) atoms. The highest BCUT2D eigenvalue weighted by molar-refractivity contribution is 7.90. The predicted octanol–water partition coefficient (Wildman–Crippen LogP) is 0.196. The number of piperazine rings is 1. The van der Waals surface area contributed by atoms with Crippen LogP contribution in [0.25, 0.3) is 0 Å². The fourth-order valence-corrected chi connectivity index (χ4v) is 4.64. The number of hydrogen-bond acceptors (Lipinski definition) is 6. The Labute approximate surface area is 165 Å². The Kier molecular flexibility index (Phi) is 7.26. The molecule has 8 nitrogen and oxygen atoms in total. The molecule has 1 aromatic carbocycles. The van der Waals surface area contributed by atoms with Gasteiger partial charge < -0.3 is 4.90 Å². The molecule has 0 radical (unpaired) electrons. The summed E-state index contributed by atoms with van der Waals surface area (Å²) < 4.78 is 49.6. The molecule has 0 unspecified atom stereocenters. The maximum atomic E-state index is 12.5. The SMILES string of the molecule is C[C@H](NS(=O)(=O)c1ccc(Cl)cc1)C(=O)N1CCN(CCS(C)(=O)=O)CC1. The smallest absolute Gasteiger partial charge is 0.241 e. The first-order valence-corrected chi connectivity index (χ1v) is 12.4. The van der Waals surface area contributed by atoms with E-state index in [2.05, 4.69) is 4.72 Å². The van der Waals surface area contributed by atoms with Crippen LogP contribution < -0.4 is 4.72 Å². The Balaban J connectivity index is 1.89. The van der Waals surface area contributed by atoms with Crippen LogP contribution in [0.4, 0.5) is 0 Å². The number of hydrogen-bond donors (Lipinski definition) is 1. The van der Waals surface area contributed by atoms with Gasteiger partial charge in [-0.2, -0.15) is 4.72 Å². The van der Waals surface area contributed by atoms with Gasteiger partial charge in [0.2, 0.25) is 15.9 Å². The minimum Gasteiger partial charge on any atom is -0.339 e. The van der Waals surface area contributed by atoms with Gasteiger partial charge in [0.15, 0.2) is 0 Å². The molecule has 1 aliphatic rings. The number of nitrogens with zero attached hydrogens (tertiary/aromatic N) is 2. The average molecular weight is 438 g/mol. The van der Waals surface area contributed by atoms with Gasteiger partial charge in [-0.3, -0.25) is 9.69 Å². The van der Waals surface area contributed by atoms with Crippen molar-refractivity contribution in [1.29, 1.82) is 0 Å². The molecule has 0 aromatic heterocycles. The maximum Gasteiger partial charge on any atom is 0.241 e. The third-order valence-electron chi connectivity index (χ3n) is 4.29. The molecule has 1 fully saturated rings. The molecule has 0 bridgehead atoms. The van der Waals surface area contributed by atoms with E-state index < -0.39 is 25.9 Å². The number of benzene rings is 1. The van der Waals surface area contributed by atoms with Gasteiger partial charge >= 0.3 is 0 Å². The number of carbonyl (C=O) groups is 1. The second-order valence-corrected chi connectivity index (χ2v) is 11.0. The van der Waals surface area contributed by atoms with Crippen LogP contribution in [0.1, 0.15) is 6.92 Å². The van der Waals surface area contributed by atoms with Gasteiger partial charge in [-0.05, 0) is 31.2 Å². The van der Waals surface area contributed by atoms with Gasteiger partial charge in [-0.25, -0.2) is 16.8 Å². The van der Waals surface area contributed by atoms with E-state index in [0.717, 1.165) is 0 Å². The molecular formula is C16H24ClN3O5S2. The fourth-order valence-electron chi connectivity index (χ4n) is 2.73. The van der Waals surface area contributed by atoms with Gasteiger partial charge in [-0.1, -0.05) is 11.6 Å². The highest BCUT2D eigenvalue weighted by Gasteiger charge is 2.28. The van der Waals surface area contributed by atoms with Crippen molar-refractivity contribution in [3.63, 3.8) is 0 Å². The summed E-state index contributed by atoms with van der Waals surface area (Å²) in [5, 5.41) is 0.423. The van der Waals surface area contributed by atoms with Crippen molar-refractivity contribution < 1.29 is 21.6 Å². The van der Waals surface area contributed by atoms with Gasteiger partial charge in [0.05, 0.1) is 16.7 Å². The Morgan fingerprint density at radius 2 is 1.67 bits per heavy atom. The third-order valence-corrected chi connectivity index (χ3v) is 7.02. The van der Waals surface area contributed by atoms with Crippen molar-refractivity contribution in [3.05, 3.63) is 29.3 Å². The van der Waals surface area contributed by atoms with Crippen LogP contribution in [0.2, 0.25) is 5.02 Å². The molecule has 152 valence electrons.